The van der Waals surface area contributed by atoms with Gasteiger partial charge in [-0.1, -0.05) is 0 Å². The fraction of sp³-hybridized carbons (Fsp3) is 0.231. The standard InChI is InChI=1S/C26H24N8/c1-17-21-4-5-31-24(21)3-2-23(17)33-26-20(12-28)13-30-15-22(26)19-10-18(11-27)25(32-14-19)16-34-8-6-29-7-9-34/h2-5,10,13-15,29,31H,6-9,16H2,1H3,(H,30,33). The van der Waals surface area contributed by atoms with Gasteiger partial charge < -0.3 is 15.6 Å². The zero-order valence-corrected chi connectivity index (χ0v) is 18.9. The van der Waals surface area contributed by atoms with Gasteiger partial charge in [0, 0.05) is 85.2 Å². The van der Waals surface area contributed by atoms with Crippen molar-refractivity contribution in [2.24, 2.45) is 0 Å². The van der Waals surface area contributed by atoms with Crippen molar-refractivity contribution in [3.05, 3.63) is 71.4 Å². The monoisotopic (exact) mass is 448 g/mol. The van der Waals surface area contributed by atoms with E-state index in [1.54, 1.807) is 18.6 Å². The Balaban J connectivity index is 1.53. The molecule has 0 atom stereocenters. The molecular weight excluding hydrogens is 424 g/mol. The molecule has 1 aliphatic rings. The largest absolute Gasteiger partial charge is 0.361 e. The first-order chi connectivity index (χ1) is 16.7. The third kappa shape index (κ3) is 4.08. The van der Waals surface area contributed by atoms with Gasteiger partial charge in [-0.25, -0.2) is 0 Å². The topological polar surface area (TPSA) is 116 Å². The van der Waals surface area contributed by atoms with E-state index in [1.807, 2.05) is 37.4 Å². The second-order valence-electron chi connectivity index (χ2n) is 8.38. The molecule has 0 spiro atoms. The lowest BCUT2D eigenvalue weighted by Crippen LogP contribution is -2.43. The lowest BCUT2D eigenvalue weighted by molar-refractivity contribution is 0.230. The molecule has 1 fully saturated rings. The Bertz CT molecular complexity index is 1430. The third-order valence-electron chi connectivity index (χ3n) is 6.31. The van der Waals surface area contributed by atoms with Gasteiger partial charge in [0.15, 0.2) is 0 Å². The second kappa shape index (κ2) is 9.32. The van der Waals surface area contributed by atoms with E-state index in [2.05, 4.69) is 42.6 Å². The second-order valence-corrected chi connectivity index (χ2v) is 8.38. The van der Waals surface area contributed by atoms with E-state index in [1.165, 1.54) is 0 Å². The van der Waals surface area contributed by atoms with Gasteiger partial charge >= 0.3 is 0 Å². The number of anilines is 2. The zero-order chi connectivity index (χ0) is 23.5. The van der Waals surface area contributed by atoms with Crippen molar-refractivity contribution < 1.29 is 0 Å². The molecule has 3 N–H and O–H groups in total. The van der Waals surface area contributed by atoms with Crippen molar-refractivity contribution in [3.8, 4) is 23.3 Å². The Morgan fingerprint density at radius 3 is 2.68 bits per heavy atom. The fourth-order valence-electron chi connectivity index (χ4n) is 4.40. The minimum atomic E-state index is 0.425. The minimum Gasteiger partial charge on any atom is -0.361 e. The summed E-state index contributed by atoms with van der Waals surface area (Å²) in [5.41, 5.74) is 6.88. The minimum absolute atomic E-state index is 0.425. The number of aryl methyl sites for hydroxylation is 1. The third-order valence-corrected chi connectivity index (χ3v) is 6.31. The molecule has 1 aliphatic heterocycles. The first kappa shape index (κ1) is 21.6. The van der Waals surface area contributed by atoms with Crippen molar-refractivity contribution in [2.75, 3.05) is 31.5 Å². The molecule has 34 heavy (non-hydrogen) atoms. The highest BCUT2D eigenvalue weighted by atomic mass is 15.2. The number of fused-ring (bicyclic) bond motifs is 1. The molecule has 0 radical (unpaired) electrons. The maximum absolute atomic E-state index is 9.83. The number of aromatic nitrogens is 3. The smallest absolute Gasteiger partial charge is 0.103 e. The molecule has 0 aliphatic carbocycles. The molecule has 0 unspecified atom stereocenters. The van der Waals surface area contributed by atoms with Crippen LogP contribution in [0.25, 0.3) is 22.0 Å². The van der Waals surface area contributed by atoms with Gasteiger partial charge in [0.1, 0.15) is 12.1 Å². The van der Waals surface area contributed by atoms with E-state index in [9.17, 15) is 10.5 Å². The maximum atomic E-state index is 9.83. The predicted octanol–water partition coefficient (Wildman–Crippen LogP) is 3.83. The number of pyridine rings is 2. The van der Waals surface area contributed by atoms with Crippen LogP contribution >= 0.6 is 0 Å². The van der Waals surface area contributed by atoms with Crippen LogP contribution in [0.3, 0.4) is 0 Å². The average Bonchev–Trinajstić information content (AvgIpc) is 3.36. The fourth-order valence-corrected chi connectivity index (χ4v) is 4.40. The van der Waals surface area contributed by atoms with Crippen LogP contribution in [0.2, 0.25) is 0 Å². The molecule has 1 aromatic carbocycles. The maximum Gasteiger partial charge on any atom is 0.103 e. The summed E-state index contributed by atoms with van der Waals surface area (Å²) in [5.74, 6) is 0. The highest BCUT2D eigenvalue weighted by molar-refractivity contribution is 5.91. The van der Waals surface area contributed by atoms with E-state index in [4.69, 9.17) is 0 Å². The summed E-state index contributed by atoms with van der Waals surface area (Å²) in [7, 11) is 0. The first-order valence-electron chi connectivity index (χ1n) is 11.2. The quantitative estimate of drug-likeness (QED) is 0.425. The summed E-state index contributed by atoms with van der Waals surface area (Å²) >= 11 is 0. The summed E-state index contributed by atoms with van der Waals surface area (Å²) in [4.78, 5) is 14.4. The molecule has 0 bridgehead atoms. The van der Waals surface area contributed by atoms with Crippen LogP contribution in [0.1, 0.15) is 22.4 Å². The van der Waals surface area contributed by atoms with Gasteiger partial charge in [0.25, 0.3) is 0 Å². The van der Waals surface area contributed by atoms with Gasteiger partial charge in [-0.05, 0) is 36.8 Å². The van der Waals surface area contributed by atoms with Gasteiger partial charge in [-0.2, -0.15) is 10.5 Å². The lowest BCUT2D eigenvalue weighted by atomic mass is 10.0. The number of aromatic amines is 1. The molecule has 3 aromatic heterocycles. The van der Waals surface area contributed by atoms with Crippen LogP contribution in [0, 0.1) is 29.6 Å². The van der Waals surface area contributed by atoms with Crippen LogP contribution in [-0.2, 0) is 6.54 Å². The normalized spacial score (nSPS) is 14.0. The molecule has 0 saturated carbocycles. The summed E-state index contributed by atoms with van der Waals surface area (Å²) in [6.07, 6.45) is 6.94. The molecule has 4 heterocycles. The zero-order valence-electron chi connectivity index (χ0n) is 18.9. The van der Waals surface area contributed by atoms with Crippen LogP contribution in [0.4, 0.5) is 11.4 Å². The number of hydrogen-bond acceptors (Lipinski definition) is 7. The predicted molar refractivity (Wildman–Crippen MR) is 131 cm³/mol. The van der Waals surface area contributed by atoms with Gasteiger partial charge in [-0.3, -0.25) is 14.9 Å². The first-order valence-corrected chi connectivity index (χ1v) is 11.2. The van der Waals surface area contributed by atoms with E-state index in [-0.39, 0.29) is 0 Å². The average molecular weight is 449 g/mol. The summed E-state index contributed by atoms with van der Waals surface area (Å²) in [6.45, 7) is 6.43. The number of nitriles is 2. The van der Waals surface area contributed by atoms with Crippen molar-refractivity contribution in [1.29, 1.82) is 10.5 Å². The summed E-state index contributed by atoms with van der Waals surface area (Å²) in [5, 5.41) is 27.5. The number of piperazine rings is 1. The van der Waals surface area contributed by atoms with E-state index < -0.39 is 0 Å². The number of benzene rings is 1. The lowest BCUT2D eigenvalue weighted by Gasteiger charge is -2.27. The van der Waals surface area contributed by atoms with Crippen LogP contribution in [0.5, 0.6) is 0 Å². The molecule has 168 valence electrons. The molecule has 5 rings (SSSR count). The number of rotatable bonds is 5. The molecule has 8 nitrogen and oxygen atoms in total. The van der Waals surface area contributed by atoms with Crippen molar-refractivity contribution >= 4 is 22.3 Å². The Morgan fingerprint density at radius 1 is 1.06 bits per heavy atom. The van der Waals surface area contributed by atoms with Crippen molar-refractivity contribution in [2.45, 2.75) is 13.5 Å². The van der Waals surface area contributed by atoms with E-state index in [0.717, 1.165) is 65.2 Å². The van der Waals surface area contributed by atoms with Crippen LogP contribution in [0.15, 0.2) is 49.1 Å². The number of nitrogens with zero attached hydrogens (tertiary/aromatic N) is 5. The summed E-state index contributed by atoms with van der Waals surface area (Å²) < 4.78 is 0. The van der Waals surface area contributed by atoms with E-state index >= 15 is 0 Å². The molecular formula is C26H24N8. The van der Waals surface area contributed by atoms with Crippen LogP contribution < -0.4 is 10.6 Å². The van der Waals surface area contributed by atoms with Crippen LogP contribution in [-0.4, -0.2) is 46.0 Å². The number of hydrogen-bond donors (Lipinski definition) is 3. The Labute approximate surface area is 197 Å². The van der Waals surface area contributed by atoms with Gasteiger partial charge in [0.05, 0.1) is 22.5 Å². The molecule has 1 saturated heterocycles. The molecule has 4 aromatic rings. The highest BCUT2D eigenvalue weighted by Gasteiger charge is 2.17. The molecule has 8 heteroatoms. The van der Waals surface area contributed by atoms with Gasteiger partial charge in [0.2, 0.25) is 0 Å². The van der Waals surface area contributed by atoms with E-state index in [0.29, 0.717) is 23.4 Å². The highest BCUT2D eigenvalue weighted by Crippen LogP contribution is 2.35. The Kier molecular flexibility index (Phi) is 5.92. The Hall–Kier alpha value is -4.24. The van der Waals surface area contributed by atoms with Crippen molar-refractivity contribution in [1.82, 2.24) is 25.2 Å². The van der Waals surface area contributed by atoms with Crippen molar-refractivity contribution in [3.63, 3.8) is 0 Å². The number of H-pyrrole nitrogens is 1. The number of nitrogens with one attached hydrogen (secondary N) is 3. The Morgan fingerprint density at radius 2 is 1.88 bits per heavy atom. The van der Waals surface area contributed by atoms with Gasteiger partial charge in [-0.15, -0.1) is 0 Å². The summed E-state index contributed by atoms with van der Waals surface area (Å²) in [6, 6.07) is 12.4. The SMILES string of the molecule is Cc1c(Nc2c(C#N)cncc2-c2cnc(CN3CCNCC3)c(C#N)c2)ccc2[nH]ccc12. The molecule has 0 amide bonds.